The number of nitrogens with zero attached hydrogens (tertiary/aromatic N) is 3. The van der Waals surface area contributed by atoms with Gasteiger partial charge in [0.05, 0.1) is 6.20 Å². The standard InChI is InChI=1S/C15H14BrN3O/c1-2-19-9-14(17-18-19)10-20-15-6-4-11-7-13(16)5-3-12(11)8-15/h3-9H,2,10H2,1H3. The molecule has 20 heavy (non-hydrogen) atoms. The number of benzene rings is 2. The topological polar surface area (TPSA) is 39.9 Å². The Balaban J connectivity index is 1.75. The zero-order valence-corrected chi connectivity index (χ0v) is 12.7. The fourth-order valence-electron chi connectivity index (χ4n) is 2.00. The van der Waals surface area contributed by atoms with Gasteiger partial charge >= 0.3 is 0 Å². The van der Waals surface area contributed by atoms with Crippen LogP contribution in [0.4, 0.5) is 0 Å². The van der Waals surface area contributed by atoms with E-state index < -0.39 is 0 Å². The van der Waals surface area contributed by atoms with E-state index in [-0.39, 0.29) is 0 Å². The van der Waals surface area contributed by atoms with Gasteiger partial charge in [-0.05, 0) is 42.0 Å². The zero-order chi connectivity index (χ0) is 13.9. The van der Waals surface area contributed by atoms with Gasteiger partial charge in [0, 0.05) is 11.0 Å². The van der Waals surface area contributed by atoms with Gasteiger partial charge in [-0.15, -0.1) is 5.10 Å². The molecule has 0 aliphatic rings. The van der Waals surface area contributed by atoms with Gasteiger partial charge in [-0.1, -0.05) is 33.3 Å². The molecule has 1 heterocycles. The van der Waals surface area contributed by atoms with E-state index in [1.807, 2.05) is 31.3 Å². The van der Waals surface area contributed by atoms with Crippen molar-refractivity contribution >= 4 is 26.7 Å². The number of fused-ring (bicyclic) bond motifs is 1. The van der Waals surface area contributed by atoms with Crippen LogP contribution in [0, 0.1) is 0 Å². The van der Waals surface area contributed by atoms with E-state index >= 15 is 0 Å². The summed E-state index contributed by atoms with van der Waals surface area (Å²) in [5, 5.41) is 10.4. The molecule has 4 nitrogen and oxygen atoms in total. The average molecular weight is 332 g/mol. The first-order valence-corrected chi connectivity index (χ1v) is 7.25. The number of rotatable bonds is 4. The first-order valence-electron chi connectivity index (χ1n) is 6.46. The second-order valence-electron chi connectivity index (χ2n) is 4.51. The molecule has 0 saturated carbocycles. The first-order chi connectivity index (χ1) is 9.74. The maximum atomic E-state index is 5.76. The Hall–Kier alpha value is -1.88. The molecule has 0 saturated heterocycles. The molecule has 5 heteroatoms. The van der Waals surface area contributed by atoms with Crippen molar-refractivity contribution in [3.05, 3.63) is 52.8 Å². The Labute approximate surface area is 125 Å². The Morgan fingerprint density at radius 3 is 2.75 bits per heavy atom. The number of halogens is 1. The molecule has 3 rings (SSSR count). The lowest BCUT2D eigenvalue weighted by molar-refractivity contribution is 0.301. The number of aryl methyl sites for hydroxylation is 1. The van der Waals surface area contributed by atoms with E-state index in [0.29, 0.717) is 6.61 Å². The molecule has 1 aromatic heterocycles. The zero-order valence-electron chi connectivity index (χ0n) is 11.1. The van der Waals surface area contributed by atoms with Crippen LogP contribution in [0.15, 0.2) is 47.1 Å². The predicted octanol–water partition coefficient (Wildman–Crippen LogP) is 3.79. The van der Waals surface area contributed by atoms with E-state index in [1.54, 1.807) is 4.68 Å². The lowest BCUT2D eigenvalue weighted by Crippen LogP contribution is -1.95. The van der Waals surface area contributed by atoms with Crippen molar-refractivity contribution in [3.8, 4) is 5.75 Å². The largest absolute Gasteiger partial charge is 0.487 e. The van der Waals surface area contributed by atoms with Crippen molar-refractivity contribution in [2.75, 3.05) is 0 Å². The third-order valence-electron chi connectivity index (χ3n) is 3.07. The van der Waals surface area contributed by atoms with Crippen molar-refractivity contribution < 1.29 is 4.74 Å². The molecule has 0 bridgehead atoms. The summed E-state index contributed by atoms with van der Waals surface area (Å²) in [5.41, 5.74) is 0.836. The van der Waals surface area contributed by atoms with Gasteiger partial charge in [0.15, 0.2) is 0 Å². The minimum atomic E-state index is 0.433. The van der Waals surface area contributed by atoms with Crippen LogP contribution < -0.4 is 4.74 Å². The fraction of sp³-hybridized carbons (Fsp3) is 0.200. The van der Waals surface area contributed by atoms with E-state index in [9.17, 15) is 0 Å². The summed E-state index contributed by atoms with van der Waals surface area (Å²) in [4.78, 5) is 0. The molecule has 102 valence electrons. The van der Waals surface area contributed by atoms with Crippen molar-refractivity contribution in [1.82, 2.24) is 15.0 Å². The lowest BCUT2D eigenvalue weighted by Gasteiger charge is -2.05. The Morgan fingerprint density at radius 2 is 1.95 bits per heavy atom. The minimum absolute atomic E-state index is 0.433. The SMILES string of the molecule is CCn1cc(COc2ccc3cc(Br)ccc3c2)nn1. The van der Waals surface area contributed by atoms with E-state index in [0.717, 1.165) is 27.8 Å². The third kappa shape index (κ3) is 2.82. The Bertz CT molecular complexity index is 739. The number of hydrogen-bond acceptors (Lipinski definition) is 3. The smallest absolute Gasteiger partial charge is 0.134 e. The monoisotopic (exact) mass is 331 g/mol. The van der Waals surface area contributed by atoms with Gasteiger partial charge in [0.2, 0.25) is 0 Å². The fourth-order valence-corrected chi connectivity index (χ4v) is 2.38. The van der Waals surface area contributed by atoms with Gasteiger partial charge in [0.1, 0.15) is 18.1 Å². The van der Waals surface area contributed by atoms with Crippen LogP contribution in [0.25, 0.3) is 10.8 Å². The van der Waals surface area contributed by atoms with Crippen LogP contribution in [-0.2, 0) is 13.2 Å². The minimum Gasteiger partial charge on any atom is -0.487 e. The molecule has 2 aromatic carbocycles. The second-order valence-corrected chi connectivity index (χ2v) is 5.42. The summed E-state index contributed by atoms with van der Waals surface area (Å²) in [7, 11) is 0. The molecular weight excluding hydrogens is 318 g/mol. The molecule has 0 radical (unpaired) electrons. The van der Waals surface area contributed by atoms with E-state index in [2.05, 4.69) is 44.4 Å². The molecule has 3 aromatic rings. The highest BCUT2D eigenvalue weighted by atomic mass is 79.9. The molecule has 0 fully saturated rings. The van der Waals surface area contributed by atoms with Crippen molar-refractivity contribution in [3.63, 3.8) is 0 Å². The quantitative estimate of drug-likeness (QED) is 0.730. The Morgan fingerprint density at radius 1 is 1.15 bits per heavy atom. The number of hydrogen-bond donors (Lipinski definition) is 0. The van der Waals surface area contributed by atoms with E-state index in [4.69, 9.17) is 4.74 Å². The van der Waals surface area contributed by atoms with Gasteiger partial charge in [0.25, 0.3) is 0 Å². The average Bonchev–Trinajstić information content (AvgIpc) is 2.93. The van der Waals surface area contributed by atoms with Gasteiger partial charge < -0.3 is 4.74 Å². The molecule has 0 N–H and O–H groups in total. The number of aromatic nitrogens is 3. The van der Waals surface area contributed by atoms with Crippen LogP contribution in [0.3, 0.4) is 0 Å². The van der Waals surface area contributed by atoms with Gasteiger partial charge in [-0.3, -0.25) is 4.68 Å². The normalized spacial score (nSPS) is 10.9. The molecule has 0 atom stereocenters. The highest BCUT2D eigenvalue weighted by Gasteiger charge is 2.02. The van der Waals surface area contributed by atoms with Crippen LogP contribution >= 0.6 is 15.9 Å². The van der Waals surface area contributed by atoms with Crippen LogP contribution in [0.2, 0.25) is 0 Å². The van der Waals surface area contributed by atoms with E-state index in [1.165, 1.54) is 5.39 Å². The molecular formula is C15H14BrN3O. The summed E-state index contributed by atoms with van der Waals surface area (Å²) < 4.78 is 8.63. The van der Waals surface area contributed by atoms with Crippen molar-refractivity contribution in [2.45, 2.75) is 20.1 Å². The summed E-state index contributed by atoms with van der Waals surface area (Å²) >= 11 is 3.47. The van der Waals surface area contributed by atoms with Crippen LogP contribution in [-0.4, -0.2) is 15.0 Å². The van der Waals surface area contributed by atoms with Crippen molar-refractivity contribution in [2.24, 2.45) is 0 Å². The van der Waals surface area contributed by atoms with Crippen LogP contribution in [0.5, 0.6) is 5.75 Å². The number of ether oxygens (including phenoxy) is 1. The molecule has 0 aliphatic heterocycles. The summed E-state index contributed by atoms with van der Waals surface area (Å²) in [5.74, 6) is 0.839. The molecule has 0 unspecified atom stereocenters. The van der Waals surface area contributed by atoms with Crippen molar-refractivity contribution in [1.29, 1.82) is 0 Å². The third-order valence-corrected chi connectivity index (χ3v) is 3.56. The summed E-state index contributed by atoms with van der Waals surface area (Å²) in [6.07, 6.45) is 1.90. The van der Waals surface area contributed by atoms with Gasteiger partial charge in [-0.2, -0.15) is 0 Å². The predicted molar refractivity (Wildman–Crippen MR) is 81.7 cm³/mol. The first kappa shape index (κ1) is 13.1. The second kappa shape index (κ2) is 5.63. The van der Waals surface area contributed by atoms with Crippen LogP contribution in [0.1, 0.15) is 12.6 Å². The maximum absolute atomic E-state index is 5.76. The molecule has 0 spiro atoms. The summed E-state index contributed by atoms with van der Waals surface area (Å²) in [6.45, 7) is 3.28. The molecule has 0 aliphatic carbocycles. The lowest BCUT2D eigenvalue weighted by atomic mass is 10.1. The summed E-state index contributed by atoms with van der Waals surface area (Å²) in [6, 6.07) is 12.2. The Kier molecular flexibility index (Phi) is 3.69. The maximum Gasteiger partial charge on any atom is 0.134 e. The highest BCUT2D eigenvalue weighted by Crippen LogP contribution is 2.24. The molecule has 0 amide bonds. The highest BCUT2D eigenvalue weighted by molar-refractivity contribution is 9.10. The van der Waals surface area contributed by atoms with Gasteiger partial charge in [-0.25, -0.2) is 0 Å².